The molecule has 1 fully saturated rings. The van der Waals surface area contributed by atoms with Crippen LogP contribution in [0.4, 0.5) is 0 Å². The minimum absolute atomic E-state index is 0.187. The first-order valence-corrected chi connectivity index (χ1v) is 5.36. The summed E-state index contributed by atoms with van der Waals surface area (Å²) in [6, 6.07) is 0. The molecule has 0 aromatic carbocycles. The fourth-order valence-electron chi connectivity index (χ4n) is 2.26. The van der Waals surface area contributed by atoms with Crippen molar-refractivity contribution in [3.05, 3.63) is 12.2 Å². The smallest absolute Gasteiger partial charge is 0.226 e. The van der Waals surface area contributed by atoms with Crippen molar-refractivity contribution in [1.82, 2.24) is 4.90 Å². The summed E-state index contributed by atoms with van der Waals surface area (Å²) >= 11 is 0. The Morgan fingerprint density at radius 3 is 2.71 bits per heavy atom. The highest BCUT2D eigenvalue weighted by Crippen LogP contribution is 2.24. The Labute approximate surface area is 84.4 Å². The van der Waals surface area contributed by atoms with E-state index in [1.165, 1.54) is 0 Å². The van der Waals surface area contributed by atoms with Gasteiger partial charge in [-0.1, -0.05) is 12.2 Å². The van der Waals surface area contributed by atoms with E-state index in [-0.39, 0.29) is 18.4 Å². The van der Waals surface area contributed by atoms with Crippen LogP contribution in [-0.2, 0) is 4.79 Å². The Hall–Kier alpha value is -0.830. The molecule has 1 aliphatic carbocycles. The predicted molar refractivity (Wildman–Crippen MR) is 53.6 cm³/mol. The predicted octanol–water partition coefficient (Wildman–Crippen LogP) is 0.793. The summed E-state index contributed by atoms with van der Waals surface area (Å²) in [5.41, 5.74) is 0. The lowest BCUT2D eigenvalue weighted by Gasteiger charge is -2.20. The third kappa shape index (κ3) is 1.82. The van der Waals surface area contributed by atoms with E-state index >= 15 is 0 Å². The van der Waals surface area contributed by atoms with E-state index in [1.807, 2.05) is 4.90 Å². The van der Waals surface area contributed by atoms with Gasteiger partial charge in [-0.15, -0.1) is 0 Å². The lowest BCUT2D eigenvalue weighted by Crippen LogP contribution is -2.33. The van der Waals surface area contributed by atoms with Crippen LogP contribution >= 0.6 is 0 Å². The monoisotopic (exact) mass is 195 g/mol. The fourth-order valence-corrected chi connectivity index (χ4v) is 2.26. The molecule has 1 heterocycles. The number of carbonyl (C=O) groups excluding carboxylic acids is 1. The van der Waals surface area contributed by atoms with Crippen molar-refractivity contribution >= 4 is 5.91 Å². The maximum atomic E-state index is 11.9. The number of aliphatic hydroxyl groups excluding tert-OH is 1. The van der Waals surface area contributed by atoms with Crippen molar-refractivity contribution in [2.24, 2.45) is 11.8 Å². The van der Waals surface area contributed by atoms with Crippen molar-refractivity contribution in [3.63, 3.8) is 0 Å². The van der Waals surface area contributed by atoms with Crippen molar-refractivity contribution in [1.29, 1.82) is 0 Å². The van der Waals surface area contributed by atoms with Gasteiger partial charge in [0.25, 0.3) is 0 Å². The van der Waals surface area contributed by atoms with Gasteiger partial charge < -0.3 is 10.0 Å². The summed E-state index contributed by atoms with van der Waals surface area (Å²) in [6.45, 7) is 1.80. The number of rotatable bonds is 2. The third-order valence-electron chi connectivity index (χ3n) is 3.21. The molecule has 0 radical (unpaired) electrons. The molecule has 0 bridgehead atoms. The zero-order valence-corrected chi connectivity index (χ0v) is 8.35. The highest BCUT2D eigenvalue weighted by atomic mass is 16.3. The molecule has 0 saturated carbocycles. The molecular formula is C11H17NO2. The van der Waals surface area contributed by atoms with Crippen LogP contribution in [-0.4, -0.2) is 35.6 Å². The van der Waals surface area contributed by atoms with Crippen LogP contribution in [0.3, 0.4) is 0 Å². The van der Waals surface area contributed by atoms with E-state index in [0.29, 0.717) is 5.92 Å². The molecule has 1 aliphatic heterocycles. The molecule has 0 unspecified atom stereocenters. The molecule has 14 heavy (non-hydrogen) atoms. The molecule has 3 nitrogen and oxygen atoms in total. The summed E-state index contributed by atoms with van der Waals surface area (Å²) < 4.78 is 0. The van der Waals surface area contributed by atoms with Crippen LogP contribution in [0.15, 0.2) is 12.2 Å². The SMILES string of the molecule is O=C(C1CC=CC1)N1CC[C@H](CO)C1. The van der Waals surface area contributed by atoms with Gasteiger partial charge in [0.05, 0.1) is 0 Å². The number of carbonyl (C=O) groups is 1. The van der Waals surface area contributed by atoms with Gasteiger partial charge in [-0.05, 0) is 19.3 Å². The van der Waals surface area contributed by atoms with Crippen LogP contribution in [0.1, 0.15) is 19.3 Å². The number of hydrogen-bond donors (Lipinski definition) is 1. The second-order valence-corrected chi connectivity index (χ2v) is 4.26. The molecule has 78 valence electrons. The van der Waals surface area contributed by atoms with Crippen molar-refractivity contribution in [2.75, 3.05) is 19.7 Å². The Kier molecular flexibility index (Phi) is 2.87. The zero-order valence-electron chi connectivity index (χ0n) is 8.35. The van der Waals surface area contributed by atoms with Crippen LogP contribution in [0, 0.1) is 11.8 Å². The zero-order chi connectivity index (χ0) is 9.97. The topological polar surface area (TPSA) is 40.5 Å². The number of likely N-dealkylation sites (tertiary alicyclic amines) is 1. The Balaban J connectivity index is 1.87. The Morgan fingerprint density at radius 2 is 2.14 bits per heavy atom. The maximum absolute atomic E-state index is 11.9. The summed E-state index contributed by atoms with van der Waals surface area (Å²) in [7, 11) is 0. The first kappa shape index (κ1) is 9.71. The third-order valence-corrected chi connectivity index (χ3v) is 3.21. The second kappa shape index (κ2) is 4.13. The Morgan fingerprint density at radius 1 is 1.43 bits per heavy atom. The largest absolute Gasteiger partial charge is 0.396 e. The molecule has 1 amide bonds. The molecule has 2 rings (SSSR count). The lowest BCUT2D eigenvalue weighted by molar-refractivity contribution is -0.134. The molecule has 3 heteroatoms. The van der Waals surface area contributed by atoms with Crippen LogP contribution < -0.4 is 0 Å². The van der Waals surface area contributed by atoms with Gasteiger partial charge in [-0.25, -0.2) is 0 Å². The summed E-state index contributed by atoms with van der Waals surface area (Å²) in [6.07, 6.45) is 6.94. The maximum Gasteiger partial charge on any atom is 0.226 e. The molecule has 0 aromatic rings. The summed E-state index contributed by atoms with van der Waals surface area (Å²) in [5, 5.41) is 8.98. The number of aliphatic hydroxyl groups is 1. The van der Waals surface area contributed by atoms with Gasteiger partial charge in [0.1, 0.15) is 0 Å². The minimum atomic E-state index is 0.187. The van der Waals surface area contributed by atoms with Crippen LogP contribution in [0.25, 0.3) is 0 Å². The molecule has 1 saturated heterocycles. The number of amides is 1. The summed E-state index contributed by atoms with van der Waals surface area (Å²) in [5.74, 6) is 0.784. The van der Waals surface area contributed by atoms with Gasteiger partial charge in [-0.3, -0.25) is 4.79 Å². The van der Waals surface area contributed by atoms with E-state index in [0.717, 1.165) is 32.4 Å². The first-order valence-electron chi connectivity index (χ1n) is 5.36. The number of nitrogens with zero attached hydrogens (tertiary/aromatic N) is 1. The quantitative estimate of drug-likeness (QED) is 0.662. The average Bonchev–Trinajstić information content (AvgIpc) is 2.88. The highest BCUT2D eigenvalue weighted by molar-refractivity contribution is 5.79. The second-order valence-electron chi connectivity index (χ2n) is 4.26. The van der Waals surface area contributed by atoms with Gasteiger partial charge in [0, 0.05) is 31.5 Å². The van der Waals surface area contributed by atoms with E-state index in [2.05, 4.69) is 12.2 Å². The van der Waals surface area contributed by atoms with Crippen molar-refractivity contribution in [3.8, 4) is 0 Å². The standard InChI is InChI=1S/C11H17NO2/c13-8-9-5-6-12(7-9)11(14)10-3-1-2-4-10/h1-2,9-10,13H,3-8H2/t9-/m0/s1. The minimum Gasteiger partial charge on any atom is -0.396 e. The van der Waals surface area contributed by atoms with E-state index < -0.39 is 0 Å². The van der Waals surface area contributed by atoms with Gasteiger partial charge in [-0.2, -0.15) is 0 Å². The molecule has 1 atom stereocenters. The Bertz CT molecular complexity index is 242. The van der Waals surface area contributed by atoms with Gasteiger partial charge in [0.15, 0.2) is 0 Å². The van der Waals surface area contributed by atoms with Gasteiger partial charge >= 0.3 is 0 Å². The first-order chi connectivity index (χ1) is 6.81. The number of allylic oxidation sites excluding steroid dienone is 2. The average molecular weight is 195 g/mol. The van der Waals surface area contributed by atoms with Crippen molar-refractivity contribution in [2.45, 2.75) is 19.3 Å². The van der Waals surface area contributed by atoms with Crippen LogP contribution in [0.5, 0.6) is 0 Å². The van der Waals surface area contributed by atoms with Crippen LogP contribution in [0.2, 0.25) is 0 Å². The van der Waals surface area contributed by atoms with E-state index in [4.69, 9.17) is 5.11 Å². The van der Waals surface area contributed by atoms with Gasteiger partial charge in [0.2, 0.25) is 5.91 Å². The molecule has 1 N–H and O–H groups in total. The number of hydrogen-bond acceptors (Lipinski definition) is 2. The molecule has 2 aliphatic rings. The lowest BCUT2D eigenvalue weighted by atomic mass is 10.1. The molecular weight excluding hydrogens is 178 g/mol. The van der Waals surface area contributed by atoms with E-state index in [9.17, 15) is 4.79 Å². The highest BCUT2D eigenvalue weighted by Gasteiger charge is 2.30. The van der Waals surface area contributed by atoms with E-state index in [1.54, 1.807) is 0 Å². The molecule has 0 spiro atoms. The van der Waals surface area contributed by atoms with Crippen molar-refractivity contribution < 1.29 is 9.90 Å². The normalized spacial score (nSPS) is 27.5. The summed E-state index contributed by atoms with van der Waals surface area (Å²) in [4.78, 5) is 13.8. The fraction of sp³-hybridized carbons (Fsp3) is 0.727. The molecule has 0 aromatic heterocycles.